The third kappa shape index (κ3) is 2.83. The van der Waals surface area contributed by atoms with Gasteiger partial charge in [-0.1, -0.05) is 26.0 Å². The second-order valence-electron chi connectivity index (χ2n) is 5.25. The molecule has 0 N–H and O–H groups in total. The van der Waals surface area contributed by atoms with Crippen molar-refractivity contribution in [3.05, 3.63) is 12.2 Å². The van der Waals surface area contributed by atoms with Gasteiger partial charge in [0.1, 0.15) is 0 Å². The van der Waals surface area contributed by atoms with Crippen LogP contribution in [0.3, 0.4) is 0 Å². The predicted molar refractivity (Wildman–Crippen MR) is 61.5 cm³/mol. The summed E-state index contributed by atoms with van der Waals surface area (Å²) in [4.78, 5) is 11.6. The van der Waals surface area contributed by atoms with Gasteiger partial charge in [0.25, 0.3) is 0 Å². The first-order valence-corrected chi connectivity index (χ1v) is 5.72. The van der Waals surface area contributed by atoms with Crippen LogP contribution in [0.1, 0.15) is 47.0 Å². The van der Waals surface area contributed by atoms with E-state index in [9.17, 15) is 4.79 Å². The summed E-state index contributed by atoms with van der Waals surface area (Å²) in [5.74, 6) is 0.353. The summed E-state index contributed by atoms with van der Waals surface area (Å²) in [5, 5.41) is 0. The van der Waals surface area contributed by atoms with Crippen molar-refractivity contribution in [2.75, 3.05) is 0 Å². The fourth-order valence-corrected chi connectivity index (χ4v) is 2.25. The Balaban J connectivity index is 2.57. The van der Waals surface area contributed by atoms with Crippen LogP contribution >= 0.6 is 0 Å². The zero-order valence-corrected chi connectivity index (χ0v) is 10.3. The van der Waals surface area contributed by atoms with Gasteiger partial charge in [0.2, 0.25) is 0 Å². The molecule has 0 aromatic carbocycles. The monoisotopic (exact) mass is 210 g/mol. The molecule has 15 heavy (non-hydrogen) atoms. The molecule has 1 aliphatic carbocycles. The number of carbonyl (C=O) groups excluding carboxylic acids is 1. The molecule has 0 aromatic rings. The molecule has 1 saturated carbocycles. The summed E-state index contributed by atoms with van der Waals surface area (Å²) in [6.45, 7) is 12.1. The molecular formula is C13H22O2. The minimum absolute atomic E-state index is 0.0130. The van der Waals surface area contributed by atoms with E-state index in [1.54, 1.807) is 0 Å². The van der Waals surface area contributed by atoms with Gasteiger partial charge in [-0.2, -0.15) is 0 Å². The van der Waals surface area contributed by atoms with Crippen molar-refractivity contribution in [2.45, 2.75) is 53.1 Å². The van der Waals surface area contributed by atoms with Crippen molar-refractivity contribution in [3.63, 3.8) is 0 Å². The molecule has 2 heteroatoms. The van der Waals surface area contributed by atoms with E-state index in [1.807, 2.05) is 13.8 Å². The Bertz CT molecular complexity index is 268. The van der Waals surface area contributed by atoms with E-state index < -0.39 is 0 Å². The van der Waals surface area contributed by atoms with Gasteiger partial charge in [0.05, 0.1) is 12.5 Å². The minimum Gasteiger partial charge on any atom is -0.463 e. The zero-order valence-electron chi connectivity index (χ0n) is 10.3. The highest BCUT2D eigenvalue weighted by Crippen LogP contribution is 2.48. The second kappa shape index (κ2) is 4.38. The van der Waals surface area contributed by atoms with Crippen molar-refractivity contribution < 1.29 is 9.53 Å². The maximum Gasteiger partial charge on any atom is 0.306 e. The molecule has 0 spiro atoms. The molecule has 2 nitrogen and oxygen atoms in total. The average Bonchev–Trinajstić information content (AvgIpc) is 2.32. The number of hydrogen-bond acceptors (Lipinski definition) is 2. The van der Waals surface area contributed by atoms with Crippen LogP contribution in [0.25, 0.3) is 0 Å². The van der Waals surface area contributed by atoms with Crippen LogP contribution in [0.4, 0.5) is 0 Å². The van der Waals surface area contributed by atoms with E-state index in [-0.39, 0.29) is 17.5 Å². The highest BCUT2D eigenvalue weighted by molar-refractivity contribution is 5.70. The fourth-order valence-electron chi connectivity index (χ4n) is 2.25. The highest BCUT2D eigenvalue weighted by atomic mass is 16.5. The molecule has 1 aliphatic rings. The molecule has 0 radical (unpaired) electrons. The summed E-state index contributed by atoms with van der Waals surface area (Å²) in [6.07, 6.45) is 2.61. The van der Waals surface area contributed by atoms with Gasteiger partial charge in [-0.25, -0.2) is 0 Å². The van der Waals surface area contributed by atoms with E-state index in [0.717, 1.165) is 12.8 Å². The molecule has 1 fully saturated rings. The molecular weight excluding hydrogens is 188 g/mol. The van der Waals surface area contributed by atoms with E-state index in [0.29, 0.717) is 12.3 Å². The van der Waals surface area contributed by atoms with Crippen molar-refractivity contribution in [3.8, 4) is 0 Å². The lowest BCUT2D eigenvalue weighted by Crippen LogP contribution is -2.26. The molecule has 2 unspecified atom stereocenters. The Morgan fingerprint density at radius 2 is 2.27 bits per heavy atom. The lowest BCUT2D eigenvalue weighted by atomic mass is 9.77. The molecule has 0 aromatic heterocycles. The van der Waals surface area contributed by atoms with Crippen LogP contribution in [-0.4, -0.2) is 12.1 Å². The van der Waals surface area contributed by atoms with Gasteiger partial charge in [-0.15, -0.1) is 0 Å². The first-order valence-electron chi connectivity index (χ1n) is 5.72. The Labute approximate surface area is 92.7 Å². The molecule has 0 aliphatic heterocycles. The van der Waals surface area contributed by atoms with Crippen molar-refractivity contribution in [1.29, 1.82) is 0 Å². The van der Waals surface area contributed by atoms with Crippen molar-refractivity contribution in [1.82, 2.24) is 0 Å². The number of esters is 1. The summed E-state index contributed by atoms with van der Waals surface area (Å²) in [5.41, 5.74) is 1.33. The lowest BCUT2D eigenvalue weighted by Gasteiger charge is -2.28. The molecule has 0 bridgehead atoms. The van der Waals surface area contributed by atoms with Crippen LogP contribution in [0.15, 0.2) is 12.2 Å². The van der Waals surface area contributed by atoms with Crippen LogP contribution in [0.2, 0.25) is 0 Å². The summed E-state index contributed by atoms with van der Waals surface area (Å²) in [6, 6.07) is 0. The van der Waals surface area contributed by atoms with Gasteiger partial charge in [-0.05, 0) is 38.0 Å². The smallest absolute Gasteiger partial charge is 0.306 e. The van der Waals surface area contributed by atoms with E-state index >= 15 is 0 Å². The third-order valence-electron chi connectivity index (χ3n) is 3.59. The Kier molecular flexibility index (Phi) is 3.58. The topological polar surface area (TPSA) is 26.3 Å². The maximum atomic E-state index is 11.6. The molecule has 2 atom stereocenters. The molecule has 0 heterocycles. The van der Waals surface area contributed by atoms with E-state index in [4.69, 9.17) is 4.74 Å². The Morgan fingerprint density at radius 1 is 1.67 bits per heavy atom. The Morgan fingerprint density at radius 3 is 2.67 bits per heavy atom. The Hall–Kier alpha value is -0.790. The number of ether oxygens (including phenoxy) is 1. The summed E-state index contributed by atoms with van der Waals surface area (Å²) >= 11 is 0. The summed E-state index contributed by atoms with van der Waals surface area (Å²) < 4.78 is 5.19. The largest absolute Gasteiger partial charge is 0.463 e. The average molecular weight is 210 g/mol. The van der Waals surface area contributed by atoms with Crippen LogP contribution < -0.4 is 0 Å². The predicted octanol–water partition coefficient (Wildman–Crippen LogP) is 3.32. The lowest BCUT2D eigenvalue weighted by molar-refractivity contribution is -0.150. The molecule has 0 saturated heterocycles. The van der Waals surface area contributed by atoms with Crippen LogP contribution in [0, 0.1) is 11.3 Å². The van der Waals surface area contributed by atoms with Gasteiger partial charge >= 0.3 is 5.97 Å². The normalized spacial score (nSPS) is 31.0. The van der Waals surface area contributed by atoms with E-state index in [1.165, 1.54) is 5.57 Å². The maximum absolute atomic E-state index is 11.6. The number of rotatable bonds is 3. The second-order valence-corrected chi connectivity index (χ2v) is 5.25. The molecule has 86 valence electrons. The standard InChI is InChI=1S/C13H22O2/c1-9(2)15-12(14)8-13(5)7-6-10(3)11(13)4/h9,11H,3,6-8H2,1-2,4-5H3. The SMILES string of the molecule is C=C1CCC(C)(CC(=O)OC(C)C)C1C. The van der Waals surface area contributed by atoms with Gasteiger partial charge in [0.15, 0.2) is 0 Å². The highest BCUT2D eigenvalue weighted by Gasteiger charge is 2.40. The fraction of sp³-hybridized carbons (Fsp3) is 0.769. The molecule has 1 rings (SSSR count). The van der Waals surface area contributed by atoms with E-state index in [2.05, 4.69) is 20.4 Å². The van der Waals surface area contributed by atoms with Gasteiger partial charge in [0, 0.05) is 0 Å². The number of allylic oxidation sites excluding steroid dienone is 1. The van der Waals surface area contributed by atoms with Crippen molar-refractivity contribution >= 4 is 5.97 Å². The first kappa shape index (κ1) is 12.3. The van der Waals surface area contributed by atoms with Crippen LogP contribution in [0.5, 0.6) is 0 Å². The van der Waals surface area contributed by atoms with Crippen molar-refractivity contribution in [2.24, 2.45) is 11.3 Å². The number of hydrogen-bond donors (Lipinski definition) is 0. The molecule has 0 amide bonds. The summed E-state index contributed by atoms with van der Waals surface area (Å²) in [7, 11) is 0. The zero-order chi connectivity index (χ0) is 11.6. The quantitative estimate of drug-likeness (QED) is 0.527. The first-order chi connectivity index (χ1) is 6.85. The van der Waals surface area contributed by atoms with Gasteiger partial charge in [-0.3, -0.25) is 4.79 Å². The number of carbonyl (C=O) groups is 1. The van der Waals surface area contributed by atoms with Crippen LogP contribution in [-0.2, 0) is 9.53 Å². The van der Waals surface area contributed by atoms with Gasteiger partial charge < -0.3 is 4.74 Å². The third-order valence-corrected chi connectivity index (χ3v) is 3.59. The minimum atomic E-state index is -0.0750.